The van der Waals surface area contributed by atoms with Gasteiger partial charge in [-0.3, -0.25) is 14.5 Å². The molecule has 4 rings (SSSR count). The molecule has 0 saturated heterocycles. The molecule has 116 valence electrons. The third-order valence-corrected chi connectivity index (χ3v) is 4.53. The van der Waals surface area contributed by atoms with Crippen molar-refractivity contribution in [1.82, 2.24) is 20.1 Å². The number of hydrogen-bond acceptors (Lipinski definition) is 3. The summed E-state index contributed by atoms with van der Waals surface area (Å²) in [6.45, 7) is 1.51. The highest BCUT2D eigenvalue weighted by molar-refractivity contribution is 6.05. The molecule has 2 heterocycles. The zero-order valence-electron chi connectivity index (χ0n) is 12.8. The van der Waals surface area contributed by atoms with Gasteiger partial charge in [-0.1, -0.05) is 24.3 Å². The molecule has 0 atom stereocenters. The standard InChI is InChI=1S/C18H18N4O/c23-17(16-15-5-2-1-4-14(15)6-10-19-16)20-12-18(7-8-18)13-22-11-3-9-21-22/h1-6,9-11H,7-8,12-13H2,(H,20,23). The second kappa shape index (κ2) is 5.50. The molecule has 3 aromatic rings. The van der Waals surface area contributed by atoms with Gasteiger partial charge in [-0.2, -0.15) is 5.10 Å². The number of amides is 1. The minimum Gasteiger partial charge on any atom is -0.350 e. The molecular weight excluding hydrogens is 288 g/mol. The summed E-state index contributed by atoms with van der Waals surface area (Å²) in [5.74, 6) is -0.103. The molecule has 1 amide bonds. The summed E-state index contributed by atoms with van der Waals surface area (Å²) in [5, 5.41) is 9.25. The van der Waals surface area contributed by atoms with Gasteiger partial charge in [0.15, 0.2) is 0 Å². The van der Waals surface area contributed by atoms with Crippen LogP contribution in [0.25, 0.3) is 10.8 Å². The van der Waals surface area contributed by atoms with Crippen LogP contribution in [-0.2, 0) is 6.54 Å². The topological polar surface area (TPSA) is 59.8 Å². The van der Waals surface area contributed by atoms with E-state index in [1.807, 2.05) is 47.3 Å². The van der Waals surface area contributed by atoms with Crippen molar-refractivity contribution in [2.45, 2.75) is 19.4 Å². The normalized spacial score (nSPS) is 15.5. The van der Waals surface area contributed by atoms with Crippen molar-refractivity contribution in [1.29, 1.82) is 0 Å². The fourth-order valence-corrected chi connectivity index (χ4v) is 2.96. The van der Waals surface area contributed by atoms with E-state index in [1.165, 1.54) is 0 Å². The lowest BCUT2D eigenvalue weighted by molar-refractivity contribution is 0.0939. The van der Waals surface area contributed by atoms with Gasteiger partial charge in [0.05, 0.1) is 0 Å². The summed E-state index contributed by atoms with van der Waals surface area (Å²) >= 11 is 0. The van der Waals surface area contributed by atoms with E-state index in [0.29, 0.717) is 12.2 Å². The average Bonchev–Trinajstić information content (AvgIpc) is 3.15. The Labute approximate surface area is 134 Å². The quantitative estimate of drug-likeness (QED) is 0.788. The van der Waals surface area contributed by atoms with Crippen LogP contribution in [0.15, 0.2) is 55.0 Å². The van der Waals surface area contributed by atoms with Gasteiger partial charge in [0.25, 0.3) is 5.91 Å². The number of rotatable bonds is 5. The van der Waals surface area contributed by atoms with Crippen LogP contribution >= 0.6 is 0 Å². The first-order chi connectivity index (χ1) is 11.3. The maximum Gasteiger partial charge on any atom is 0.270 e. The minimum absolute atomic E-state index is 0.103. The highest BCUT2D eigenvalue weighted by Crippen LogP contribution is 2.46. The number of carbonyl (C=O) groups is 1. The van der Waals surface area contributed by atoms with Crippen molar-refractivity contribution in [3.63, 3.8) is 0 Å². The molecule has 23 heavy (non-hydrogen) atoms. The van der Waals surface area contributed by atoms with E-state index in [1.54, 1.807) is 12.4 Å². The van der Waals surface area contributed by atoms with Crippen LogP contribution < -0.4 is 5.32 Å². The maximum absolute atomic E-state index is 12.5. The summed E-state index contributed by atoms with van der Waals surface area (Å²) in [4.78, 5) is 16.8. The van der Waals surface area contributed by atoms with Crippen molar-refractivity contribution < 1.29 is 4.79 Å². The molecule has 1 aliphatic carbocycles. The Hall–Kier alpha value is -2.69. The van der Waals surface area contributed by atoms with Gasteiger partial charge in [-0.25, -0.2) is 0 Å². The van der Waals surface area contributed by atoms with Crippen molar-refractivity contribution in [3.05, 3.63) is 60.7 Å². The largest absolute Gasteiger partial charge is 0.350 e. The van der Waals surface area contributed by atoms with E-state index in [-0.39, 0.29) is 11.3 Å². The van der Waals surface area contributed by atoms with Crippen LogP contribution in [0.4, 0.5) is 0 Å². The maximum atomic E-state index is 12.5. The minimum atomic E-state index is -0.103. The zero-order valence-corrected chi connectivity index (χ0v) is 12.8. The highest BCUT2D eigenvalue weighted by Gasteiger charge is 2.43. The molecule has 0 aliphatic heterocycles. The molecule has 2 aromatic heterocycles. The third kappa shape index (κ3) is 2.82. The van der Waals surface area contributed by atoms with Crippen LogP contribution in [0.2, 0.25) is 0 Å². The van der Waals surface area contributed by atoms with E-state index >= 15 is 0 Å². The third-order valence-electron chi connectivity index (χ3n) is 4.53. The van der Waals surface area contributed by atoms with Gasteiger partial charge in [-0.15, -0.1) is 0 Å². The first-order valence-electron chi connectivity index (χ1n) is 7.85. The Kier molecular flexibility index (Phi) is 3.33. The van der Waals surface area contributed by atoms with E-state index in [2.05, 4.69) is 15.4 Å². The molecule has 0 spiro atoms. The highest BCUT2D eigenvalue weighted by atomic mass is 16.1. The van der Waals surface area contributed by atoms with E-state index < -0.39 is 0 Å². The molecule has 1 saturated carbocycles. The van der Waals surface area contributed by atoms with Gasteiger partial charge < -0.3 is 5.32 Å². The van der Waals surface area contributed by atoms with Crippen LogP contribution in [0.5, 0.6) is 0 Å². The Morgan fingerprint density at radius 2 is 2.04 bits per heavy atom. The summed E-state index contributed by atoms with van der Waals surface area (Å²) in [6, 6.07) is 11.7. The number of carbonyl (C=O) groups excluding carboxylic acids is 1. The number of pyridine rings is 1. The van der Waals surface area contributed by atoms with Crippen LogP contribution in [0.3, 0.4) is 0 Å². The summed E-state index contributed by atoms with van der Waals surface area (Å²) in [6.07, 6.45) is 7.68. The average molecular weight is 306 g/mol. The molecule has 1 aliphatic rings. The van der Waals surface area contributed by atoms with Crippen molar-refractivity contribution in [2.75, 3.05) is 6.54 Å². The summed E-state index contributed by atoms with van der Waals surface area (Å²) in [7, 11) is 0. The van der Waals surface area contributed by atoms with Crippen molar-refractivity contribution in [2.24, 2.45) is 5.41 Å². The molecule has 1 fully saturated rings. The molecule has 5 nitrogen and oxygen atoms in total. The second-order valence-corrected chi connectivity index (χ2v) is 6.27. The Balaban J connectivity index is 1.48. The first kappa shape index (κ1) is 13.9. The number of aromatic nitrogens is 3. The van der Waals surface area contributed by atoms with E-state index in [0.717, 1.165) is 30.2 Å². The van der Waals surface area contributed by atoms with Crippen LogP contribution in [0.1, 0.15) is 23.3 Å². The number of nitrogens with one attached hydrogen (secondary N) is 1. The second-order valence-electron chi connectivity index (χ2n) is 6.27. The predicted molar refractivity (Wildman–Crippen MR) is 88.0 cm³/mol. The van der Waals surface area contributed by atoms with Crippen LogP contribution in [0, 0.1) is 5.41 Å². The van der Waals surface area contributed by atoms with Gasteiger partial charge in [-0.05, 0) is 30.4 Å². The fraction of sp³-hybridized carbons (Fsp3) is 0.278. The number of hydrogen-bond donors (Lipinski definition) is 1. The molecule has 0 bridgehead atoms. The predicted octanol–water partition coefficient (Wildman–Crippen LogP) is 2.64. The van der Waals surface area contributed by atoms with E-state index in [4.69, 9.17) is 0 Å². The Morgan fingerprint density at radius 1 is 1.17 bits per heavy atom. The fourth-order valence-electron chi connectivity index (χ4n) is 2.96. The lowest BCUT2D eigenvalue weighted by atomic mass is 10.1. The summed E-state index contributed by atoms with van der Waals surface area (Å²) < 4.78 is 1.94. The SMILES string of the molecule is O=C(NCC1(Cn2cccn2)CC1)c1nccc2ccccc12. The molecule has 0 unspecified atom stereocenters. The van der Waals surface area contributed by atoms with Gasteiger partial charge in [0.1, 0.15) is 5.69 Å². The van der Waals surface area contributed by atoms with Gasteiger partial charge in [0, 0.05) is 42.5 Å². The molecule has 5 heteroatoms. The zero-order chi connectivity index (χ0) is 15.7. The van der Waals surface area contributed by atoms with Crippen molar-refractivity contribution in [3.8, 4) is 0 Å². The Bertz CT molecular complexity index is 832. The number of benzene rings is 1. The molecular formula is C18H18N4O. The number of fused-ring (bicyclic) bond motifs is 1. The lowest BCUT2D eigenvalue weighted by Crippen LogP contribution is -2.33. The molecule has 0 radical (unpaired) electrons. The van der Waals surface area contributed by atoms with E-state index in [9.17, 15) is 4.79 Å². The molecule has 1 aromatic carbocycles. The first-order valence-corrected chi connectivity index (χ1v) is 7.85. The van der Waals surface area contributed by atoms with Crippen molar-refractivity contribution >= 4 is 16.7 Å². The number of nitrogens with zero attached hydrogens (tertiary/aromatic N) is 3. The van der Waals surface area contributed by atoms with Gasteiger partial charge >= 0.3 is 0 Å². The van der Waals surface area contributed by atoms with Crippen LogP contribution in [-0.4, -0.2) is 27.2 Å². The lowest BCUT2D eigenvalue weighted by Gasteiger charge is -2.16. The smallest absolute Gasteiger partial charge is 0.270 e. The Morgan fingerprint density at radius 3 is 2.83 bits per heavy atom. The summed E-state index contributed by atoms with van der Waals surface area (Å²) in [5.41, 5.74) is 0.643. The monoisotopic (exact) mass is 306 g/mol. The molecule has 1 N–H and O–H groups in total. The van der Waals surface area contributed by atoms with Gasteiger partial charge in [0.2, 0.25) is 0 Å².